The average molecular weight is 262 g/mol. The third-order valence-electron chi connectivity index (χ3n) is 3.53. The Bertz CT molecular complexity index is 453. The van der Waals surface area contributed by atoms with Crippen molar-refractivity contribution in [3.8, 4) is 0 Å². The zero-order chi connectivity index (χ0) is 13.8. The molecule has 1 unspecified atom stereocenters. The molecular weight excluding hydrogens is 244 g/mol. The minimum Gasteiger partial charge on any atom is -0.465 e. The lowest BCUT2D eigenvalue weighted by Crippen LogP contribution is -2.51. The van der Waals surface area contributed by atoms with Crippen molar-refractivity contribution in [2.24, 2.45) is 0 Å². The first-order chi connectivity index (χ1) is 9.09. The molecule has 1 fully saturated rings. The number of hydrogen-bond donors (Lipinski definition) is 1. The molecule has 5 heteroatoms. The van der Waals surface area contributed by atoms with Gasteiger partial charge in [0.2, 0.25) is 5.91 Å². The fourth-order valence-corrected chi connectivity index (χ4v) is 2.28. The monoisotopic (exact) mass is 262 g/mol. The van der Waals surface area contributed by atoms with Crippen LogP contribution in [-0.4, -0.2) is 53.1 Å². The van der Waals surface area contributed by atoms with E-state index in [1.807, 2.05) is 37.3 Å². The van der Waals surface area contributed by atoms with Crippen molar-refractivity contribution in [2.45, 2.75) is 12.8 Å². The summed E-state index contributed by atoms with van der Waals surface area (Å²) < 4.78 is 0. The molecule has 1 aromatic carbocycles. The lowest BCUT2D eigenvalue weighted by Gasteiger charge is -2.34. The molecule has 1 aliphatic rings. The van der Waals surface area contributed by atoms with Gasteiger partial charge in [0, 0.05) is 26.2 Å². The maximum atomic E-state index is 12.3. The second-order valence-corrected chi connectivity index (χ2v) is 4.73. The number of carbonyl (C=O) groups excluding carboxylic acids is 1. The third kappa shape index (κ3) is 3.05. The van der Waals surface area contributed by atoms with Crippen LogP contribution in [0.15, 0.2) is 30.3 Å². The normalized spacial score (nSPS) is 17.1. The number of carboxylic acid groups (broad SMARTS) is 1. The predicted molar refractivity (Wildman–Crippen MR) is 71.0 cm³/mol. The summed E-state index contributed by atoms with van der Waals surface area (Å²) in [5.41, 5.74) is 0.994. The van der Waals surface area contributed by atoms with Gasteiger partial charge in [0.25, 0.3) is 0 Å². The van der Waals surface area contributed by atoms with Gasteiger partial charge in [-0.2, -0.15) is 0 Å². The topological polar surface area (TPSA) is 60.9 Å². The van der Waals surface area contributed by atoms with E-state index in [1.165, 1.54) is 4.90 Å². The van der Waals surface area contributed by atoms with E-state index in [1.54, 1.807) is 4.90 Å². The largest absolute Gasteiger partial charge is 0.465 e. The fourth-order valence-electron chi connectivity index (χ4n) is 2.28. The van der Waals surface area contributed by atoms with Crippen LogP contribution in [0.3, 0.4) is 0 Å². The standard InChI is InChI=1S/C14H18N2O3/c1-11(12-5-3-2-4-6-12)13(17)15-7-9-16(10-8-15)14(18)19/h2-6,11H,7-10H2,1H3,(H,18,19). The number of amides is 2. The SMILES string of the molecule is CC(C(=O)N1CCN(C(=O)O)CC1)c1ccccc1. The molecule has 1 atom stereocenters. The van der Waals surface area contributed by atoms with Gasteiger partial charge in [-0.15, -0.1) is 0 Å². The number of piperazine rings is 1. The quantitative estimate of drug-likeness (QED) is 0.881. The van der Waals surface area contributed by atoms with E-state index in [0.29, 0.717) is 26.2 Å². The minimum absolute atomic E-state index is 0.0660. The van der Waals surface area contributed by atoms with Crippen molar-refractivity contribution in [3.05, 3.63) is 35.9 Å². The van der Waals surface area contributed by atoms with Crippen molar-refractivity contribution in [2.75, 3.05) is 26.2 Å². The van der Waals surface area contributed by atoms with Crippen molar-refractivity contribution in [3.63, 3.8) is 0 Å². The molecule has 0 spiro atoms. The maximum absolute atomic E-state index is 12.3. The van der Waals surface area contributed by atoms with Crippen molar-refractivity contribution in [1.82, 2.24) is 9.80 Å². The Morgan fingerprint density at radius 2 is 1.58 bits per heavy atom. The van der Waals surface area contributed by atoms with Crippen LogP contribution in [0.2, 0.25) is 0 Å². The molecule has 0 aromatic heterocycles. The third-order valence-corrected chi connectivity index (χ3v) is 3.53. The van der Waals surface area contributed by atoms with Gasteiger partial charge in [-0.1, -0.05) is 30.3 Å². The summed E-state index contributed by atoms with van der Waals surface area (Å²) in [5, 5.41) is 8.87. The number of benzene rings is 1. The van der Waals surface area contributed by atoms with Crippen LogP contribution in [-0.2, 0) is 4.79 Å². The molecule has 1 aliphatic heterocycles. The highest BCUT2D eigenvalue weighted by molar-refractivity contribution is 5.83. The molecule has 2 amide bonds. The van der Waals surface area contributed by atoms with E-state index in [-0.39, 0.29) is 11.8 Å². The smallest absolute Gasteiger partial charge is 0.407 e. The van der Waals surface area contributed by atoms with E-state index >= 15 is 0 Å². The molecule has 0 radical (unpaired) electrons. The highest BCUT2D eigenvalue weighted by Gasteiger charge is 2.27. The van der Waals surface area contributed by atoms with Gasteiger partial charge < -0.3 is 14.9 Å². The fraction of sp³-hybridized carbons (Fsp3) is 0.429. The molecule has 5 nitrogen and oxygen atoms in total. The lowest BCUT2D eigenvalue weighted by atomic mass is 9.99. The van der Waals surface area contributed by atoms with E-state index in [0.717, 1.165) is 5.56 Å². The Labute approximate surface area is 112 Å². The van der Waals surface area contributed by atoms with E-state index in [2.05, 4.69) is 0 Å². The summed E-state index contributed by atoms with van der Waals surface area (Å²) in [7, 11) is 0. The minimum atomic E-state index is -0.914. The van der Waals surface area contributed by atoms with Gasteiger partial charge in [0.1, 0.15) is 0 Å². The molecule has 1 heterocycles. The van der Waals surface area contributed by atoms with Crippen LogP contribution in [0.4, 0.5) is 4.79 Å². The molecule has 1 saturated heterocycles. The Hall–Kier alpha value is -2.04. The van der Waals surface area contributed by atoms with Crippen LogP contribution in [0, 0.1) is 0 Å². The zero-order valence-electron chi connectivity index (χ0n) is 11.0. The highest BCUT2D eigenvalue weighted by atomic mass is 16.4. The second-order valence-electron chi connectivity index (χ2n) is 4.73. The first kappa shape index (κ1) is 13.4. The molecule has 1 aromatic rings. The van der Waals surface area contributed by atoms with Crippen LogP contribution in [0.1, 0.15) is 18.4 Å². The molecule has 1 N–H and O–H groups in total. The van der Waals surface area contributed by atoms with Crippen molar-refractivity contribution >= 4 is 12.0 Å². The summed E-state index contributed by atoms with van der Waals surface area (Å²) in [4.78, 5) is 26.2. The summed E-state index contributed by atoms with van der Waals surface area (Å²) in [6.07, 6.45) is -0.914. The molecule has 102 valence electrons. The summed E-state index contributed by atoms with van der Waals surface area (Å²) in [6, 6.07) is 9.64. The number of rotatable bonds is 2. The zero-order valence-corrected chi connectivity index (χ0v) is 11.0. The first-order valence-corrected chi connectivity index (χ1v) is 6.41. The summed E-state index contributed by atoms with van der Waals surface area (Å²) >= 11 is 0. The molecule has 0 bridgehead atoms. The Balaban J connectivity index is 1.96. The Morgan fingerprint density at radius 1 is 1.05 bits per heavy atom. The van der Waals surface area contributed by atoms with E-state index < -0.39 is 6.09 Å². The molecule has 19 heavy (non-hydrogen) atoms. The van der Waals surface area contributed by atoms with Gasteiger partial charge >= 0.3 is 6.09 Å². The molecule has 0 aliphatic carbocycles. The Kier molecular flexibility index (Phi) is 4.04. The van der Waals surface area contributed by atoms with Crippen molar-refractivity contribution in [1.29, 1.82) is 0 Å². The number of hydrogen-bond acceptors (Lipinski definition) is 2. The lowest BCUT2D eigenvalue weighted by molar-refractivity contribution is -0.134. The molecule has 0 saturated carbocycles. The van der Waals surface area contributed by atoms with Gasteiger partial charge in [-0.25, -0.2) is 4.79 Å². The van der Waals surface area contributed by atoms with Crippen LogP contribution in [0.5, 0.6) is 0 Å². The van der Waals surface area contributed by atoms with Crippen LogP contribution >= 0.6 is 0 Å². The second kappa shape index (κ2) is 5.73. The van der Waals surface area contributed by atoms with Gasteiger partial charge in [-0.3, -0.25) is 4.79 Å². The van der Waals surface area contributed by atoms with Gasteiger partial charge in [-0.05, 0) is 12.5 Å². The van der Waals surface area contributed by atoms with E-state index in [4.69, 9.17) is 5.11 Å². The van der Waals surface area contributed by atoms with E-state index in [9.17, 15) is 9.59 Å². The first-order valence-electron chi connectivity index (χ1n) is 6.41. The molecular formula is C14H18N2O3. The van der Waals surface area contributed by atoms with Crippen LogP contribution < -0.4 is 0 Å². The highest BCUT2D eigenvalue weighted by Crippen LogP contribution is 2.18. The summed E-state index contributed by atoms with van der Waals surface area (Å²) in [5.74, 6) is -0.117. The Morgan fingerprint density at radius 3 is 2.11 bits per heavy atom. The average Bonchev–Trinajstić information content (AvgIpc) is 2.46. The number of carbonyl (C=O) groups is 2. The maximum Gasteiger partial charge on any atom is 0.407 e. The number of nitrogens with zero attached hydrogens (tertiary/aromatic N) is 2. The summed E-state index contributed by atoms with van der Waals surface area (Å²) in [6.45, 7) is 3.62. The van der Waals surface area contributed by atoms with Crippen molar-refractivity contribution < 1.29 is 14.7 Å². The van der Waals surface area contributed by atoms with Gasteiger partial charge in [0.05, 0.1) is 5.92 Å². The van der Waals surface area contributed by atoms with Gasteiger partial charge in [0.15, 0.2) is 0 Å². The van der Waals surface area contributed by atoms with Crippen LogP contribution in [0.25, 0.3) is 0 Å². The predicted octanol–water partition coefficient (Wildman–Crippen LogP) is 1.61. The molecule has 2 rings (SSSR count).